The molecule has 5 nitrogen and oxygen atoms in total. The number of hydrogen-bond acceptors (Lipinski definition) is 3. The smallest absolute Gasteiger partial charge is 0.356 e. The van der Waals surface area contributed by atoms with Gasteiger partial charge in [0.2, 0.25) is 0 Å². The van der Waals surface area contributed by atoms with Gasteiger partial charge in [-0.15, -0.1) is 0 Å². The fraction of sp³-hybridized carbons (Fsp3) is 0.500. The number of carbonyl (C=O) groups excluding carboxylic acids is 1. The normalized spacial score (nSPS) is 15.1. The van der Waals surface area contributed by atoms with Crippen LogP contribution in [0.4, 0.5) is 0 Å². The number of aromatic nitrogens is 2. The standard InChI is InChI=1S/C10H12N2O3/c1-2-12-9-6(4-3-5-7(9)13)8(11-12)10(14)15/h2-5H2,1H3,(H,14,15). The Bertz CT molecular complexity index is 434. The van der Waals surface area contributed by atoms with Gasteiger partial charge in [0.25, 0.3) is 0 Å². The Balaban J connectivity index is 2.62. The highest BCUT2D eigenvalue weighted by Gasteiger charge is 2.28. The molecule has 0 fully saturated rings. The fourth-order valence-corrected chi connectivity index (χ4v) is 1.99. The minimum atomic E-state index is -1.05. The lowest BCUT2D eigenvalue weighted by Gasteiger charge is -2.11. The van der Waals surface area contributed by atoms with Crippen molar-refractivity contribution in [3.8, 4) is 0 Å². The van der Waals surface area contributed by atoms with Crippen LogP contribution < -0.4 is 0 Å². The Morgan fingerprint density at radius 2 is 2.27 bits per heavy atom. The summed E-state index contributed by atoms with van der Waals surface area (Å²) in [4.78, 5) is 22.6. The number of aryl methyl sites for hydroxylation is 1. The number of carbonyl (C=O) groups is 2. The molecule has 0 radical (unpaired) electrons. The van der Waals surface area contributed by atoms with Crippen molar-refractivity contribution >= 4 is 11.8 Å². The highest BCUT2D eigenvalue weighted by Crippen LogP contribution is 2.24. The van der Waals surface area contributed by atoms with E-state index in [0.717, 1.165) is 6.42 Å². The molecular weight excluding hydrogens is 196 g/mol. The summed E-state index contributed by atoms with van der Waals surface area (Å²) < 4.78 is 1.50. The first-order chi connectivity index (χ1) is 7.15. The van der Waals surface area contributed by atoms with Gasteiger partial charge in [-0.25, -0.2) is 4.79 Å². The van der Waals surface area contributed by atoms with E-state index in [9.17, 15) is 9.59 Å². The van der Waals surface area contributed by atoms with Gasteiger partial charge in [0.1, 0.15) is 5.69 Å². The van der Waals surface area contributed by atoms with Gasteiger partial charge in [0, 0.05) is 18.5 Å². The van der Waals surface area contributed by atoms with E-state index in [1.807, 2.05) is 6.92 Å². The number of nitrogens with zero attached hydrogens (tertiary/aromatic N) is 2. The van der Waals surface area contributed by atoms with Crippen LogP contribution in [0, 0.1) is 0 Å². The van der Waals surface area contributed by atoms with E-state index in [1.165, 1.54) is 4.68 Å². The van der Waals surface area contributed by atoms with Crippen LogP contribution in [0.2, 0.25) is 0 Å². The lowest BCUT2D eigenvalue weighted by Crippen LogP contribution is -2.15. The second-order valence-corrected chi connectivity index (χ2v) is 3.57. The highest BCUT2D eigenvalue weighted by atomic mass is 16.4. The van der Waals surface area contributed by atoms with E-state index >= 15 is 0 Å². The maximum absolute atomic E-state index is 11.6. The molecule has 1 heterocycles. The number of rotatable bonds is 2. The summed E-state index contributed by atoms with van der Waals surface area (Å²) in [5.74, 6) is -1.04. The first-order valence-electron chi connectivity index (χ1n) is 5.01. The fourth-order valence-electron chi connectivity index (χ4n) is 1.99. The molecule has 15 heavy (non-hydrogen) atoms. The van der Waals surface area contributed by atoms with Crippen LogP contribution >= 0.6 is 0 Å². The Morgan fingerprint density at radius 3 is 2.87 bits per heavy atom. The van der Waals surface area contributed by atoms with Crippen LogP contribution in [-0.4, -0.2) is 26.6 Å². The SMILES string of the molecule is CCn1nc(C(=O)O)c2c1C(=O)CCC2. The van der Waals surface area contributed by atoms with Crippen molar-refractivity contribution in [1.82, 2.24) is 9.78 Å². The molecule has 0 saturated carbocycles. The van der Waals surface area contributed by atoms with Gasteiger partial charge in [0.05, 0.1) is 0 Å². The lowest BCUT2D eigenvalue weighted by atomic mass is 9.94. The molecule has 1 aromatic rings. The van der Waals surface area contributed by atoms with Gasteiger partial charge in [0.15, 0.2) is 11.5 Å². The van der Waals surface area contributed by atoms with E-state index in [-0.39, 0.29) is 11.5 Å². The minimum Gasteiger partial charge on any atom is -0.476 e. The van der Waals surface area contributed by atoms with E-state index in [2.05, 4.69) is 5.10 Å². The molecule has 2 rings (SSSR count). The van der Waals surface area contributed by atoms with Crippen molar-refractivity contribution in [1.29, 1.82) is 0 Å². The van der Waals surface area contributed by atoms with Crippen LogP contribution in [0.25, 0.3) is 0 Å². The van der Waals surface area contributed by atoms with E-state index < -0.39 is 5.97 Å². The molecule has 1 aromatic heterocycles. The molecule has 0 bridgehead atoms. The largest absolute Gasteiger partial charge is 0.476 e. The maximum atomic E-state index is 11.6. The number of hydrogen-bond donors (Lipinski definition) is 1. The van der Waals surface area contributed by atoms with Crippen molar-refractivity contribution < 1.29 is 14.7 Å². The van der Waals surface area contributed by atoms with Gasteiger partial charge in [-0.1, -0.05) is 0 Å². The second kappa shape index (κ2) is 3.49. The summed E-state index contributed by atoms with van der Waals surface area (Å²) in [5, 5.41) is 12.9. The van der Waals surface area contributed by atoms with Crippen molar-refractivity contribution in [2.45, 2.75) is 32.7 Å². The zero-order valence-corrected chi connectivity index (χ0v) is 8.49. The van der Waals surface area contributed by atoms with E-state index in [4.69, 9.17) is 5.11 Å². The molecule has 1 aliphatic rings. The Morgan fingerprint density at radius 1 is 1.53 bits per heavy atom. The average Bonchev–Trinajstić information content (AvgIpc) is 2.58. The quantitative estimate of drug-likeness (QED) is 0.790. The Kier molecular flexibility index (Phi) is 2.30. The topological polar surface area (TPSA) is 72.2 Å². The van der Waals surface area contributed by atoms with Gasteiger partial charge in [-0.05, 0) is 19.8 Å². The third kappa shape index (κ3) is 1.44. The second-order valence-electron chi connectivity index (χ2n) is 3.57. The monoisotopic (exact) mass is 208 g/mol. The van der Waals surface area contributed by atoms with E-state index in [1.54, 1.807) is 0 Å². The predicted octanol–water partition coefficient (Wildman–Crippen LogP) is 1.12. The number of carboxylic acid groups (broad SMARTS) is 1. The van der Waals surface area contributed by atoms with Gasteiger partial charge >= 0.3 is 5.97 Å². The maximum Gasteiger partial charge on any atom is 0.356 e. The van der Waals surface area contributed by atoms with Gasteiger partial charge in [-0.3, -0.25) is 9.48 Å². The zero-order chi connectivity index (χ0) is 11.0. The summed E-state index contributed by atoms with van der Waals surface area (Å²) in [6.45, 7) is 2.38. The van der Waals surface area contributed by atoms with Crippen LogP contribution in [0.1, 0.15) is 46.3 Å². The summed E-state index contributed by atoms with van der Waals surface area (Å²) in [6, 6.07) is 0. The number of fused-ring (bicyclic) bond motifs is 1. The number of aromatic carboxylic acids is 1. The summed E-state index contributed by atoms with van der Waals surface area (Å²) in [7, 11) is 0. The number of carboxylic acids is 1. The van der Waals surface area contributed by atoms with Gasteiger partial charge in [-0.2, -0.15) is 5.10 Å². The molecular formula is C10H12N2O3. The molecule has 5 heteroatoms. The molecule has 0 aromatic carbocycles. The number of Topliss-reactive ketones (excluding diaryl/α,β-unsaturated/α-hetero) is 1. The molecule has 1 aliphatic carbocycles. The zero-order valence-electron chi connectivity index (χ0n) is 8.49. The first kappa shape index (κ1) is 9.89. The van der Waals surface area contributed by atoms with Crippen molar-refractivity contribution in [3.05, 3.63) is 17.0 Å². The van der Waals surface area contributed by atoms with Crippen LogP contribution in [0.15, 0.2) is 0 Å². The highest BCUT2D eigenvalue weighted by molar-refractivity contribution is 6.00. The Labute approximate surface area is 86.7 Å². The number of ketones is 1. The molecule has 0 saturated heterocycles. The van der Waals surface area contributed by atoms with Crippen LogP contribution in [-0.2, 0) is 13.0 Å². The third-order valence-corrected chi connectivity index (χ3v) is 2.65. The third-order valence-electron chi connectivity index (χ3n) is 2.65. The summed E-state index contributed by atoms with van der Waals surface area (Å²) in [6.07, 6.45) is 1.86. The average molecular weight is 208 g/mol. The first-order valence-corrected chi connectivity index (χ1v) is 5.01. The summed E-state index contributed by atoms with van der Waals surface area (Å²) >= 11 is 0. The van der Waals surface area contributed by atoms with Crippen LogP contribution in [0.3, 0.4) is 0 Å². The van der Waals surface area contributed by atoms with Crippen molar-refractivity contribution in [2.75, 3.05) is 0 Å². The molecule has 0 aliphatic heterocycles. The van der Waals surface area contributed by atoms with Crippen molar-refractivity contribution in [3.63, 3.8) is 0 Å². The predicted molar refractivity (Wildman–Crippen MR) is 52.1 cm³/mol. The molecule has 0 atom stereocenters. The van der Waals surface area contributed by atoms with Crippen LogP contribution in [0.5, 0.6) is 0 Å². The molecule has 1 N–H and O–H groups in total. The molecule has 0 unspecified atom stereocenters. The van der Waals surface area contributed by atoms with Gasteiger partial charge < -0.3 is 5.11 Å². The Hall–Kier alpha value is -1.65. The van der Waals surface area contributed by atoms with Crippen molar-refractivity contribution in [2.24, 2.45) is 0 Å². The molecule has 0 amide bonds. The lowest BCUT2D eigenvalue weighted by molar-refractivity contribution is 0.0688. The summed E-state index contributed by atoms with van der Waals surface area (Å²) in [5.41, 5.74) is 1.15. The molecule has 0 spiro atoms. The molecule has 80 valence electrons. The van der Waals surface area contributed by atoms with E-state index in [0.29, 0.717) is 30.6 Å². The minimum absolute atomic E-state index is 0.0121.